The fourth-order valence-electron chi connectivity index (χ4n) is 3.04. The van der Waals surface area contributed by atoms with E-state index < -0.39 is 10.8 Å². The molecule has 4 aromatic rings. The summed E-state index contributed by atoms with van der Waals surface area (Å²) in [4.78, 5) is 27.7. The molecule has 0 fully saturated rings. The number of carbonyl (C=O) groups excluding carboxylic acids is 1. The summed E-state index contributed by atoms with van der Waals surface area (Å²) < 4.78 is 5.83. The van der Waals surface area contributed by atoms with Gasteiger partial charge in [0.1, 0.15) is 5.52 Å². The summed E-state index contributed by atoms with van der Waals surface area (Å²) >= 11 is 6.08. The first kappa shape index (κ1) is 19.6. The molecule has 0 aliphatic heterocycles. The summed E-state index contributed by atoms with van der Waals surface area (Å²) in [6, 6.07) is 14.9. The van der Waals surface area contributed by atoms with Crippen LogP contribution in [0.5, 0.6) is 0 Å². The monoisotopic (exact) mass is 421 g/mol. The highest BCUT2D eigenvalue weighted by molar-refractivity contribution is 6.34. The lowest BCUT2D eigenvalue weighted by Gasteiger charge is -2.10. The fraction of sp³-hybridized carbons (Fsp3) is 0.0909. The van der Waals surface area contributed by atoms with E-state index in [9.17, 15) is 14.9 Å². The SMILES string of the molecule is Cc1ccc2oc(-c3ccc(C)c(NC(=O)c4cc([N+](=O)[O-])ccc4Cl)c3)nc2c1. The number of non-ortho nitro benzene ring substituents is 1. The van der Waals surface area contributed by atoms with Crippen molar-refractivity contribution in [2.24, 2.45) is 0 Å². The highest BCUT2D eigenvalue weighted by atomic mass is 35.5. The largest absolute Gasteiger partial charge is 0.436 e. The number of fused-ring (bicyclic) bond motifs is 1. The highest BCUT2D eigenvalue weighted by Crippen LogP contribution is 2.29. The maximum atomic E-state index is 12.7. The summed E-state index contributed by atoms with van der Waals surface area (Å²) in [7, 11) is 0. The molecule has 150 valence electrons. The number of aryl methyl sites for hydroxylation is 2. The summed E-state index contributed by atoms with van der Waals surface area (Å²) in [5.41, 5.74) is 4.33. The van der Waals surface area contributed by atoms with Crippen molar-refractivity contribution in [3.05, 3.63) is 86.4 Å². The van der Waals surface area contributed by atoms with Crippen LogP contribution in [0.3, 0.4) is 0 Å². The number of nitrogens with zero attached hydrogens (tertiary/aromatic N) is 2. The van der Waals surface area contributed by atoms with Gasteiger partial charge in [-0.15, -0.1) is 0 Å². The molecule has 0 bridgehead atoms. The van der Waals surface area contributed by atoms with Gasteiger partial charge in [-0.2, -0.15) is 0 Å². The van der Waals surface area contributed by atoms with Crippen molar-refractivity contribution in [3.8, 4) is 11.5 Å². The van der Waals surface area contributed by atoms with Crippen LogP contribution in [0.25, 0.3) is 22.6 Å². The number of nitrogens with one attached hydrogen (secondary N) is 1. The molecule has 1 aromatic heterocycles. The Bertz CT molecular complexity index is 1310. The number of rotatable bonds is 4. The summed E-state index contributed by atoms with van der Waals surface area (Å²) in [6.45, 7) is 3.82. The van der Waals surface area contributed by atoms with E-state index in [0.717, 1.165) is 22.7 Å². The lowest BCUT2D eigenvalue weighted by molar-refractivity contribution is -0.384. The number of hydrogen-bond donors (Lipinski definition) is 1. The molecule has 30 heavy (non-hydrogen) atoms. The topological polar surface area (TPSA) is 98.3 Å². The zero-order valence-electron chi connectivity index (χ0n) is 16.1. The molecule has 1 amide bonds. The summed E-state index contributed by atoms with van der Waals surface area (Å²) in [6.07, 6.45) is 0. The lowest BCUT2D eigenvalue weighted by Crippen LogP contribution is -2.13. The van der Waals surface area contributed by atoms with Gasteiger partial charge >= 0.3 is 0 Å². The number of benzene rings is 3. The molecule has 0 unspecified atom stereocenters. The van der Waals surface area contributed by atoms with E-state index in [1.165, 1.54) is 12.1 Å². The second-order valence-corrected chi connectivity index (χ2v) is 7.30. The van der Waals surface area contributed by atoms with Crippen LogP contribution in [0.2, 0.25) is 5.02 Å². The van der Waals surface area contributed by atoms with Gasteiger partial charge < -0.3 is 9.73 Å². The van der Waals surface area contributed by atoms with Crippen LogP contribution in [0, 0.1) is 24.0 Å². The quantitative estimate of drug-likeness (QED) is 0.325. The van der Waals surface area contributed by atoms with Gasteiger partial charge in [0.15, 0.2) is 5.58 Å². The molecule has 0 aliphatic carbocycles. The van der Waals surface area contributed by atoms with Gasteiger partial charge in [-0.3, -0.25) is 14.9 Å². The molecule has 3 aromatic carbocycles. The Hall–Kier alpha value is -3.71. The Morgan fingerprint density at radius 2 is 1.90 bits per heavy atom. The van der Waals surface area contributed by atoms with Gasteiger partial charge in [-0.25, -0.2) is 4.98 Å². The number of halogens is 1. The maximum absolute atomic E-state index is 12.7. The molecule has 0 spiro atoms. The molecule has 7 nitrogen and oxygen atoms in total. The van der Waals surface area contributed by atoms with Gasteiger partial charge in [0.05, 0.1) is 15.5 Å². The minimum atomic E-state index is -0.575. The van der Waals surface area contributed by atoms with Crippen molar-refractivity contribution in [1.82, 2.24) is 4.98 Å². The molecule has 0 saturated carbocycles. The number of anilines is 1. The minimum Gasteiger partial charge on any atom is -0.436 e. The number of carbonyl (C=O) groups is 1. The Labute approximate surface area is 176 Å². The Kier molecular flexibility index (Phi) is 4.97. The van der Waals surface area contributed by atoms with Crippen molar-refractivity contribution >= 4 is 40.0 Å². The summed E-state index contributed by atoms with van der Waals surface area (Å²) in [5, 5.41) is 13.9. The number of hydrogen-bond acceptors (Lipinski definition) is 5. The van der Waals surface area contributed by atoms with Crippen molar-refractivity contribution in [1.29, 1.82) is 0 Å². The lowest BCUT2D eigenvalue weighted by atomic mass is 10.1. The second kappa shape index (κ2) is 7.61. The van der Waals surface area contributed by atoms with Crippen molar-refractivity contribution in [2.45, 2.75) is 13.8 Å². The first-order valence-electron chi connectivity index (χ1n) is 9.05. The van der Waals surface area contributed by atoms with Gasteiger partial charge in [-0.05, 0) is 55.3 Å². The molecule has 0 radical (unpaired) electrons. The van der Waals surface area contributed by atoms with Crippen LogP contribution >= 0.6 is 11.6 Å². The number of oxazole rings is 1. The van der Waals surface area contributed by atoms with E-state index in [2.05, 4.69) is 10.3 Å². The van der Waals surface area contributed by atoms with Crippen molar-refractivity contribution in [2.75, 3.05) is 5.32 Å². The third-order valence-corrected chi connectivity index (χ3v) is 5.01. The predicted octanol–water partition coefficient (Wildman–Crippen LogP) is 5.93. The number of aromatic nitrogens is 1. The molecule has 1 N–H and O–H groups in total. The van der Waals surface area contributed by atoms with Gasteiger partial charge in [-0.1, -0.05) is 23.7 Å². The predicted molar refractivity (Wildman–Crippen MR) is 115 cm³/mol. The van der Waals surface area contributed by atoms with Gasteiger partial charge in [0.2, 0.25) is 5.89 Å². The van der Waals surface area contributed by atoms with Gasteiger partial charge in [0.25, 0.3) is 11.6 Å². The van der Waals surface area contributed by atoms with E-state index in [4.69, 9.17) is 16.0 Å². The zero-order valence-corrected chi connectivity index (χ0v) is 16.9. The highest BCUT2D eigenvalue weighted by Gasteiger charge is 2.17. The molecule has 0 atom stereocenters. The molecular weight excluding hydrogens is 406 g/mol. The molecular formula is C22H16ClN3O4. The molecule has 1 heterocycles. The summed E-state index contributed by atoms with van der Waals surface area (Å²) in [5.74, 6) is -0.114. The Morgan fingerprint density at radius 3 is 2.67 bits per heavy atom. The van der Waals surface area contributed by atoms with Crippen molar-refractivity contribution < 1.29 is 14.1 Å². The first-order chi connectivity index (χ1) is 14.3. The second-order valence-electron chi connectivity index (χ2n) is 6.90. The van der Waals surface area contributed by atoms with Crippen LogP contribution in [0.1, 0.15) is 21.5 Å². The van der Waals surface area contributed by atoms with Crippen LogP contribution in [-0.2, 0) is 0 Å². The third-order valence-electron chi connectivity index (χ3n) is 4.68. The van der Waals surface area contributed by atoms with Gasteiger partial charge in [0, 0.05) is 23.4 Å². The van der Waals surface area contributed by atoms with E-state index in [0.29, 0.717) is 22.7 Å². The maximum Gasteiger partial charge on any atom is 0.270 e. The standard InChI is InChI=1S/C22H16ClN3O4/c1-12-3-8-20-19(9-12)25-22(30-20)14-5-4-13(2)18(10-14)24-21(27)16-11-15(26(28)29)6-7-17(16)23/h3-11H,1-2H3,(H,24,27). The average Bonchev–Trinajstić information content (AvgIpc) is 3.12. The first-order valence-corrected chi connectivity index (χ1v) is 9.43. The van der Waals surface area contributed by atoms with Crippen molar-refractivity contribution in [3.63, 3.8) is 0 Å². The van der Waals surface area contributed by atoms with E-state index >= 15 is 0 Å². The van der Waals surface area contributed by atoms with E-state index in [1.54, 1.807) is 6.07 Å². The fourth-order valence-corrected chi connectivity index (χ4v) is 3.24. The average molecular weight is 422 g/mol. The Morgan fingerprint density at radius 1 is 1.10 bits per heavy atom. The Balaban J connectivity index is 1.67. The van der Waals surface area contributed by atoms with Crippen LogP contribution < -0.4 is 5.32 Å². The van der Waals surface area contributed by atoms with Crippen LogP contribution in [0.4, 0.5) is 11.4 Å². The minimum absolute atomic E-state index is 0.0213. The smallest absolute Gasteiger partial charge is 0.270 e. The number of nitro groups is 1. The molecule has 4 rings (SSSR count). The van der Waals surface area contributed by atoms with E-state index in [-0.39, 0.29) is 16.3 Å². The van der Waals surface area contributed by atoms with Crippen LogP contribution in [-0.4, -0.2) is 15.8 Å². The molecule has 8 heteroatoms. The molecule has 0 saturated heterocycles. The zero-order chi connectivity index (χ0) is 21.4. The number of amides is 1. The number of nitro benzene ring substituents is 1. The molecule has 0 aliphatic rings. The van der Waals surface area contributed by atoms with E-state index in [1.807, 2.05) is 44.2 Å². The van der Waals surface area contributed by atoms with Crippen LogP contribution in [0.15, 0.2) is 59.0 Å². The normalized spacial score (nSPS) is 10.9. The third kappa shape index (κ3) is 3.75.